The number of hydrogen-bond acceptors (Lipinski definition) is 13. The molecule has 0 aromatic heterocycles. The van der Waals surface area contributed by atoms with Crippen molar-refractivity contribution in [1.29, 1.82) is 0 Å². The van der Waals surface area contributed by atoms with Crippen molar-refractivity contribution in [3.63, 3.8) is 0 Å². The summed E-state index contributed by atoms with van der Waals surface area (Å²) in [4.78, 5) is 13.2. The zero-order valence-corrected chi connectivity index (χ0v) is 50.8. The Morgan fingerprint density at radius 3 is 1.36 bits per heavy atom. The van der Waals surface area contributed by atoms with E-state index in [4.69, 9.17) is 18.9 Å². The molecule has 12 unspecified atom stereocenters. The highest BCUT2D eigenvalue weighted by Crippen LogP contribution is 2.30. The average Bonchev–Trinajstić information content (AvgIpc) is 3.47. The van der Waals surface area contributed by atoms with E-state index in [9.17, 15) is 45.6 Å². The second-order valence-corrected chi connectivity index (χ2v) is 22.9. The predicted octanol–water partition coefficient (Wildman–Crippen LogP) is 12.3. The Kier molecular flexibility index (Phi) is 47.7. The Balaban J connectivity index is 1.69. The van der Waals surface area contributed by atoms with E-state index < -0.39 is 86.8 Å². The maximum atomic E-state index is 13.2. The first kappa shape index (κ1) is 74.5. The third-order valence-electron chi connectivity index (χ3n) is 15.6. The van der Waals surface area contributed by atoms with Crippen LogP contribution in [0.3, 0.4) is 0 Å². The number of amides is 1. The van der Waals surface area contributed by atoms with Crippen LogP contribution in [-0.2, 0) is 23.7 Å². The fraction of sp³-hybridized carbons (Fsp3) is 0.806. The lowest BCUT2D eigenvalue weighted by molar-refractivity contribution is -0.359. The number of aliphatic hydroxyl groups excluding tert-OH is 8. The van der Waals surface area contributed by atoms with Crippen molar-refractivity contribution in [3.05, 3.63) is 72.9 Å². The van der Waals surface area contributed by atoms with Gasteiger partial charge < -0.3 is 65.1 Å². The van der Waals surface area contributed by atoms with Gasteiger partial charge in [-0.25, -0.2) is 0 Å². The molecule has 0 aromatic rings. The number of hydrogen-bond donors (Lipinski definition) is 9. The van der Waals surface area contributed by atoms with Gasteiger partial charge in [-0.05, 0) is 70.6 Å². The molecule has 9 N–H and O–H groups in total. The Hall–Kier alpha value is -2.57. The van der Waals surface area contributed by atoms with Crippen molar-refractivity contribution in [2.45, 2.75) is 325 Å². The summed E-state index contributed by atoms with van der Waals surface area (Å²) in [5, 5.41) is 87.1. The molecule has 2 saturated heterocycles. The summed E-state index contributed by atoms with van der Waals surface area (Å²) in [6.45, 7) is 2.64. The highest BCUT2D eigenvalue weighted by atomic mass is 16.7. The summed E-state index contributed by atoms with van der Waals surface area (Å²) < 4.78 is 22.7. The second kappa shape index (κ2) is 51.8. The van der Waals surface area contributed by atoms with Gasteiger partial charge in [0, 0.05) is 6.42 Å². The number of rotatable bonds is 52. The van der Waals surface area contributed by atoms with Crippen molar-refractivity contribution >= 4 is 5.91 Å². The van der Waals surface area contributed by atoms with Crippen molar-refractivity contribution < 1.29 is 64.6 Å². The smallest absolute Gasteiger partial charge is 0.220 e. The molecule has 470 valence electrons. The fourth-order valence-corrected chi connectivity index (χ4v) is 10.4. The number of carbonyl (C=O) groups excluding carboxylic acids is 1. The van der Waals surface area contributed by atoms with Gasteiger partial charge in [0.15, 0.2) is 12.6 Å². The Labute approximate surface area is 491 Å². The highest BCUT2D eigenvalue weighted by molar-refractivity contribution is 5.76. The topological polar surface area (TPSA) is 228 Å². The van der Waals surface area contributed by atoms with E-state index >= 15 is 0 Å². The van der Waals surface area contributed by atoms with Gasteiger partial charge in [-0.2, -0.15) is 0 Å². The van der Waals surface area contributed by atoms with Crippen molar-refractivity contribution in [3.8, 4) is 0 Å². The van der Waals surface area contributed by atoms with E-state index in [1.54, 1.807) is 6.08 Å². The van der Waals surface area contributed by atoms with Gasteiger partial charge in [-0.1, -0.05) is 247 Å². The van der Waals surface area contributed by atoms with Crippen LogP contribution in [0.1, 0.15) is 251 Å². The molecule has 2 fully saturated rings. The molecule has 0 bridgehead atoms. The lowest BCUT2D eigenvalue weighted by atomic mass is 9.97. The standard InChI is InChI=1S/C67H119NO13/c1-3-5-7-9-11-13-15-17-19-20-21-22-23-24-25-26-27-28-29-30-31-32-33-34-35-37-38-40-42-44-46-48-50-56(71)55(68-59(72)51-49-47-45-43-41-39-36-18-16-14-12-10-8-6-4-2)54-78-66-64(77)62(75)65(58(53-70)80-66)81-67-63(76)61(74)60(73)57(52-69)79-67/h6,8,12,14,18,36,40-43,48,50,55-58,60-67,69-71,73-77H,3-5,7,9-11,13,15-17,19-35,37-39,44-47,49,51-54H2,1-2H3,(H,68,72)/b8-6-,14-12-,36-18-,42-40+,43-41-,50-48+. The van der Waals surface area contributed by atoms with Gasteiger partial charge in [-0.3, -0.25) is 4.79 Å². The first-order valence-corrected chi connectivity index (χ1v) is 32.7. The van der Waals surface area contributed by atoms with Crippen molar-refractivity contribution in [1.82, 2.24) is 5.32 Å². The Bertz CT molecular complexity index is 1630. The lowest BCUT2D eigenvalue weighted by Crippen LogP contribution is -2.65. The minimum absolute atomic E-state index is 0.218. The molecule has 0 aromatic carbocycles. The van der Waals surface area contributed by atoms with Crippen LogP contribution in [0.5, 0.6) is 0 Å². The normalized spacial score (nSPS) is 24.6. The minimum atomic E-state index is -1.80. The van der Waals surface area contributed by atoms with Gasteiger partial charge in [0.1, 0.15) is 48.8 Å². The SMILES string of the molecule is CC/C=C\C/C=C\C/C=C\C/C=C\CCCCC(=O)NC(COC1OC(CO)C(OC2OC(CO)C(O)C(O)C2O)C(O)C1O)C(O)/C=C/CC/C=C/CCCCCCCCCCCCCCCCCCCCCCCCCCCC. The monoisotopic (exact) mass is 1150 g/mol. The predicted molar refractivity (Wildman–Crippen MR) is 327 cm³/mol. The van der Waals surface area contributed by atoms with Crippen LogP contribution >= 0.6 is 0 Å². The van der Waals surface area contributed by atoms with E-state index in [2.05, 4.69) is 79.9 Å². The first-order chi connectivity index (χ1) is 39.6. The summed E-state index contributed by atoms with van der Waals surface area (Å²) in [6.07, 6.45) is 52.7. The fourth-order valence-electron chi connectivity index (χ4n) is 10.4. The van der Waals surface area contributed by atoms with Gasteiger partial charge in [-0.15, -0.1) is 0 Å². The van der Waals surface area contributed by atoms with Gasteiger partial charge in [0.05, 0.1) is 32.0 Å². The largest absolute Gasteiger partial charge is 0.394 e. The quantitative estimate of drug-likeness (QED) is 0.0204. The molecule has 2 heterocycles. The molecule has 0 radical (unpaired) electrons. The number of ether oxygens (including phenoxy) is 4. The van der Waals surface area contributed by atoms with E-state index in [0.29, 0.717) is 12.8 Å². The molecule has 0 aliphatic carbocycles. The van der Waals surface area contributed by atoms with Crippen LogP contribution in [-0.4, -0.2) is 140 Å². The third-order valence-corrected chi connectivity index (χ3v) is 15.6. The number of carbonyl (C=O) groups is 1. The summed E-state index contributed by atoms with van der Waals surface area (Å²) in [5.41, 5.74) is 0. The number of allylic oxidation sites excluding steroid dienone is 11. The molecule has 1 amide bonds. The van der Waals surface area contributed by atoms with E-state index in [-0.39, 0.29) is 18.9 Å². The van der Waals surface area contributed by atoms with E-state index in [1.165, 1.54) is 167 Å². The minimum Gasteiger partial charge on any atom is -0.394 e. The van der Waals surface area contributed by atoms with Crippen LogP contribution in [0.25, 0.3) is 0 Å². The molecule has 12 atom stereocenters. The summed E-state index contributed by atoms with van der Waals surface area (Å²) in [6, 6.07) is -0.958. The third kappa shape index (κ3) is 36.8. The summed E-state index contributed by atoms with van der Waals surface area (Å²) >= 11 is 0. The van der Waals surface area contributed by atoms with Crippen LogP contribution in [0.4, 0.5) is 0 Å². The maximum absolute atomic E-state index is 13.2. The number of nitrogens with one attached hydrogen (secondary N) is 1. The van der Waals surface area contributed by atoms with E-state index in [0.717, 1.165) is 51.4 Å². The van der Waals surface area contributed by atoms with Crippen molar-refractivity contribution in [2.24, 2.45) is 0 Å². The molecule has 2 aliphatic rings. The number of unbranched alkanes of at least 4 members (excludes halogenated alkanes) is 29. The summed E-state index contributed by atoms with van der Waals surface area (Å²) in [5.74, 6) is -0.290. The van der Waals surface area contributed by atoms with Gasteiger partial charge in [0.2, 0.25) is 5.91 Å². The number of aliphatic hydroxyl groups is 8. The lowest BCUT2D eigenvalue weighted by Gasteiger charge is -2.46. The summed E-state index contributed by atoms with van der Waals surface area (Å²) in [7, 11) is 0. The van der Waals surface area contributed by atoms with Crippen LogP contribution < -0.4 is 5.32 Å². The molecule has 14 heteroatoms. The van der Waals surface area contributed by atoms with Crippen LogP contribution in [0.2, 0.25) is 0 Å². The zero-order chi connectivity index (χ0) is 58.8. The van der Waals surface area contributed by atoms with E-state index in [1.807, 2.05) is 6.08 Å². The molecular formula is C67H119NO13. The molecule has 2 rings (SSSR count). The molecule has 81 heavy (non-hydrogen) atoms. The second-order valence-electron chi connectivity index (χ2n) is 22.9. The zero-order valence-electron chi connectivity index (χ0n) is 50.8. The first-order valence-electron chi connectivity index (χ1n) is 32.7. The van der Waals surface area contributed by atoms with Gasteiger partial charge >= 0.3 is 0 Å². The molecule has 0 spiro atoms. The van der Waals surface area contributed by atoms with Crippen LogP contribution in [0, 0.1) is 0 Å². The highest BCUT2D eigenvalue weighted by Gasteiger charge is 2.51. The van der Waals surface area contributed by atoms with Crippen molar-refractivity contribution in [2.75, 3.05) is 19.8 Å². The van der Waals surface area contributed by atoms with Crippen LogP contribution in [0.15, 0.2) is 72.9 Å². The Morgan fingerprint density at radius 1 is 0.457 bits per heavy atom. The average molecular weight is 1150 g/mol. The maximum Gasteiger partial charge on any atom is 0.220 e. The molecule has 14 nitrogen and oxygen atoms in total. The molecular weight excluding hydrogens is 1030 g/mol. The Morgan fingerprint density at radius 2 is 0.864 bits per heavy atom. The molecule has 2 aliphatic heterocycles. The molecule has 0 saturated carbocycles. The van der Waals surface area contributed by atoms with Gasteiger partial charge in [0.25, 0.3) is 0 Å².